The molecule has 4 rings (SSSR count). The van der Waals surface area contributed by atoms with Crippen LogP contribution in [0.5, 0.6) is 0 Å². The Bertz CT molecular complexity index is 830. The van der Waals surface area contributed by atoms with E-state index in [1.165, 1.54) is 11.1 Å². The fourth-order valence-corrected chi connectivity index (χ4v) is 4.02. The smallest absolute Gasteiger partial charge is 0.241 e. The summed E-state index contributed by atoms with van der Waals surface area (Å²) in [5.41, 5.74) is 3.84. The monoisotopic (exact) mass is 368 g/mol. The Labute approximate surface area is 158 Å². The summed E-state index contributed by atoms with van der Waals surface area (Å²) in [4.78, 5) is 9.52. The molecule has 3 heterocycles. The predicted molar refractivity (Wildman–Crippen MR) is 104 cm³/mol. The van der Waals surface area contributed by atoms with Gasteiger partial charge >= 0.3 is 0 Å². The summed E-state index contributed by atoms with van der Waals surface area (Å²) in [5.74, 6) is 1.40. The van der Waals surface area contributed by atoms with Crippen LogP contribution in [0.15, 0.2) is 45.6 Å². The first-order chi connectivity index (χ1) is 12.8. The van der Waals surface area contributed by atoms with Crippen LogP contribution in [0.2, 0.25) is 0 Å². The van der Waals surface area contributed by atoms with Crippen LogP contribution in [-0.4, -0.2) is 46.1 Å². The van der Waals surface area contributed by atoms with Gasteiger partial charge in [0.15, 0.2) is 0 Å². The van der Waals surface area contributed by atoms with Gasteiger partial charge in [0.05, 0.1) is 6.54 Å². The molecule has 1 fully saturated rings. The summed E-state index contributed by atoms with van der Waals surface area (Å²) in [6.07, 6.45) is 1.16. The minimum atomic E-state index is 0.692. The third-order valence-corrected chi connectivity index (χ3v) is 5.63. The fourth-order valence-electron chi connectivity index (χ4n) is 3.39. The van der Waals surface area contributed by atoms with E-state index in [1.54, 1.807) is 11.3 Å². The molecule has 136 valence electrons. The van der Waals surface area contributed by atoms with E-state index in [1.807, 2.05) is 16.8 Å². The summed E-state index contributed by atoms with van der Waals surface area (Å²) in [7, 11) is 0. The molecule has 1 aliphatic heterocycles. The van der Waals surface area contributed by atoms with Crippen molar-refractivity contribution in [1.29, 1.82) is 0 Å². The van der Waals surface area contributed by atoms with Crippen molar-refractivity contribution >= 4 is 11.3 Å². The molecule has 2 aromatic heterocycles. The summed E-state index contributed by atoms with van der Waals surface area (Å²) in [6, 6.07) is 10.7. The van der Waals surface area contributed by atoms with Crippen molar-refractivity contribution in [3.63, 3.8) is 0 Å². The van der Waals surface area contributed by atoms with Gasteiger partial charge in [-0.05, 0) is 49.0 Å². The average Bonchev–Trinajstić information content (AvgIpc) is 3.28. The lowest BCUT2D eigenvalue weighted by molar-refractivity contribution is 0.222. The molecule has 0 atom stereocenters. The SMILES string of the molecule is Cc1ccccc1CN1CCCN(Cc2nc(-c3ccsc3)no2)CC1. The van der Waals surface area contributed by atoms with E-state index >= 15 is 0 Å². The van der Waals surface area contributed by atoms with E-state index in [-0.39, 0.29) is 0 Å². The van der Waals surface area contributed by atoms with E-state index in [0.717, 1.165) is 51.3 Å². The number of benzene rings is 1. The maximum atomic E-state index is 5.46. The van der Waals surface area contributed by atoms with Crippen molar-refractivity contribution in [2.75, 3.05) is 26.2 Å². The fraction of sp³-hybridized carbons (Fsp3) is 0.400. The Morgan fingerprint density at radius 3 is 2.62 bits per heavy atom. The van der Waals surface area contributed by atoms with Gasteiger partial charge in [-0.15, -0.1) is 0 Å². The van der Waals surface area contributed by atoms with Crippen LogP contribution < -0.4 is 0 Å². The summed E-state index contributed by atoms with van der Waals surface area (Å²) < 4.78 is 5.46. The highest BCUT2D eigenvalue weighted by Crippen LogP contribution is 2.19. The van der Waals surface area contributed by atoms with Gasteiger partial charge in [-0.25, -0.2) is 0 Å². The van der Waals surface area contributed by atoms with Crippen LogP contribution >= 0.6 is 11.3 Å². The van der Waals surface area contributed by atoms with Crippen LogP contribution in [0.3, 0.4) is 0 Å². The molecule has 6 heteroatoms. The normalized spacial score (nSPS) is 16.7. The third-order valence-electron chi connectivity index (χ3n) is 4.94. The first kappa shape index (κ1) is 17.4. The molecule has 0 unspecified atom stereocenters. The molecule has 0 saturated carbocycles. The van der Waals surface area contributed by atoms with Gasteiger partial charge < -0.3 is 4.52 Å². The molecule has 0 N–H and O–H groups in total. The van der Waals surface area contributed by atoms with Crippen molar-refractivity contribution in [3.8, 4) is 11.4 Å². The quantitative estimate of drug-likeness (QED) is 0.685. The topological polar surface area (TPSA) is 45.4 Å². The first-order valence-corrected chi connectivity index (χ1v) is 10.1. The highest BCUT2D eigenvalue weighted by Gasteiger charge is 2.18. The lowest BCUT2D eigenvalue weighted by Crippen LogP contribution is -2.30. The Morgan fingerprint density at radius 2 is 1.85 bits per heavy atom. The van der Waals surface area contributed by atoms with Crippen molar-refractivity contribution in [3.05, 3.63) is 58.1 Å². The van der Waals surface area contributed by atoms with E-state index in [9.17, 15) is 0 Å². The van der Waals surface area contributed by atoms with Gasteiger partial charge in [0, 0.05) is 30.6 Å². The van der Waals surface area contributed by atoms with E-state index in [0.29, 0.717) is 11.7 Å². The van der Waals surface area contributed by atoms with Gasteiger partial charge in [-0.3, -0.25) is 9.80 Å². The van der Waals surface area contributed by atoms with Crippen LogP contribution in [0.4, 0.5) is 0 Å². The van der Waals surface area contributed by atoms with Gasteiger partial charge in [0.25, 0.3) is 0 Å². The summed E-state index contributed by atoms with van der Waals surface area (Å²) >= 11 is 1.65. The average molecular weight is 369 g/mol. The van der Waals surface area contributed by atoms with Crippen molar-refractivity contribution in [1.82, 2.24) is 19.9 Å². The molecule has 1 saturated heterocycles. The zero-order chi connectivity index (χ0) is 17.8. The maximum Gasteiger partial charge on any atom is 0.241 e. The molecule has 1 aromatic carbocycles. The predicted octanol–water partition coefficient (Wildman–Crippen LogP) is 3.81. The molecule has 5 nitrogen and oxygen atoms in total. The van der Waals surface area contributed by atoms with Gasteiger partial charge in [-0.1, -0.05) is 29.4 Å². The molecular formula is C20H24N4OS. The molecule has 0 aliphatic carbocycles. The number of hydrogen-bond acceptors (Lipinski definition) is 6. The highest BCUT2D eigenvalue weighted by atomic mass is 32.1. The number of thiophene rings is 1. The lowest BCUT2D eigenvalue weighted by atomic mass is 10.1. The maximum absolute atomic E-state index is 5.46. The molecule has 0 amide bonds. The first-order valence-electron chi connectivity index (χ1n) is 9.12. The Balaban J connectivity index is 1.33. The molecule has 3 aromatic rings. The van der Waals surface area contributed by atoms with E-state index in [4.69, 9.17) is 4.52 Å². The molecule has 0 radical (unpaired) electrons. The lowest BCUT2D eigenvalue weighted by Gasteiger charge is -2.21. The van der Waals surface area contributed by atoms with Crippen molar-refractivity contribution in [2.45, 2.75) is 26.4 Å². The van der Waals surface area contributed by atoms with E-state index < -0.39 is 0 Å². The van der Waals surface area contributed by atoms with Crippen LogP contribution in [0, 0.1) is 6.92 Å². The minimum Gasteiger partial charge on any atom is -0.338 e. The highest BCUT2D eigenvalue weighted by molar-refractivity contribution is 7.08. The molecular weight excluding hydrogens is 344 g/mol. The number of aryl methyl sites for hydroxylation is 1. The van der Waals surface area contributed by atoms with Crippen molar-refractivity contribution < 1.29 is 4.52 Å². The molecule has 1 aliphatic rings. The Hall–Kier alpha value is -2.02. The van der Waals surface area contributed by atoms with Crippen LogP contribution in [-0.2, 0) is 13.1 Å². The van der Waals surface area contributed by atoms with Gasteiger partial charge in [0.2, 0.25) is 11.7 Å². The number of hydrogen-bond donors (Lipinski definition) is 0. The van der Waals surface area contributed by atoms with Crippen molar-refractivity contribution in [2.24, 2.45) is 0 Å². The number of nitrogens with zero attached hydrogens (tertiary/aromatic N) is 4. The van der Waals surface area contributed by atoms with Gasteiger partial charge in [-0.2, -0.15) is 16.3 Å². The Kier molecular flexibility index (Phi) is 5.43. The zero-order valence-corrected chi connectivity index (χ0v) is 15.9. The van der Waals surface area contributed by atoms with Crippen LogP contribution in [0.25, 0.3) is 11.4 Å². The second-order valence-corrected chi connectivity index (χ2v) is 7.64. The Morgan fingerprint density at radius 1 is 1.04 bits per heavy atom. The number of aromatic nitrogens is 2. The van der Waals surface area contributed by atoms with Crippen LogP contribution in [0.1, 0.15) is 23.4 Å². The molecule has 0 spiro atoms. The summed E-state index contributed by atoms with van der Waals surface area (Å²) in [5, 5.41) is 8.19. The van der Waals surface area contributed by atoms with Gasteiger partial charge in [0.1, 0.15) is 0 Å². The second-order valence-electron chi connectivity index (χ2n) is 6.86. The minimum absolute atomic E-state index is 0.692. The van der Waals surface area contributed by atoms with E-state index in [2.05, 4.69) is 51.1 Å². The third kappa shape index (κ3) is 4.20. The molecule has 0 bridgehead atoms. The second kappa shape index (κ2) is 8.12. The largest absolute Gasteiger partial charge is 0.338 e. The summed E-state index contributed by atoms with van der Waals surface area (Å²) in [6.45, 7) is 8.26. The standard InChI is InChI=1S/C20H24N4OS/c1-16-5-2-3-6-17(16)13-23-8-4-9-24(11-10-23)14-19-21-20(22-25-19)18-7-12-26-15-18/h2-3,5-7,12,15H,4,8-11,13-14H2,1H3. The number of rotatable bonds is 5. The molecule has 26 heavy (non-hydrogen) atoms. The zero-order valence-electron chi connectivity index (χ0n) is 15.1.